The Bertz CT molecular complexity index is 459. The zero-order chi connectivity index (χ0) is 21.0. The highest BCUT2D eigenvalue weighted by molar-refractivity contribution is 5.87. The van der Waals surface area contributed by atoms with Crippen molar-refractivity contribution in [1.82, 2.24) is 0 Å². The van der Waals surface area contributed by atoms with Crippen LogP contribution in [0.25, 0.3) is 0 Å². The number of ether oxygens (including phenoxy) is 1. The molecular formula is C26H48O2. The van der Waals surface area contributed by atoms with Gasteiger partial charge < -0.3 is 4.74 Å². The van der Waals surface area contributed by atoms with Crippen LogP contribution < -0.4 is 0 Å². The normalized spacial score (nSPS) is 24.1. The van der Waals surface area contributed by atoms with Gasteiger partial charge in [0, 0.05) is 11.0 Å². The Morgan fingerprint density at radius 2 is 1.46 bits per heavy atom. The molecule has 0 aromatic carbocycles. The molecule has 1 saturated carbocycles. The maximum atomic E-state index is 12.8. The minimum absolute atomic E-state index is 0.146. The third-order valence-electron chi connectivity index (χ3n) is 7.25. The van der Waals surface area contributed by atoms with Crippen LogP contribution in [0.5, 0.6) is 0 Å². The summed E-state index contributed by atoms with van der Waals surface area (Å²) in [5.41, 5.74) is 0.402. The zero-order valence-electron chi connectivity index (χ0n) is 19.7. The highest BCUT2D eigenvalue weighted by Gasteiger charge is 2.58. The van der Waals surface area contributed by atoms with E-state index >= 15 is 0 Å². The first kappa shape index (κ1) is 25.2. The van der Waals surface area contributed by atoms with Crippen molar-refractivity contribution < 1.29 is 9.53 Å². The Kier molecular flexibility index (Phi) is 11.5. The van der Waals surface area contributed by atoms with Gasteiger partial charge >= 0.3 is 5.97 Å². The fourth-order valence-corrected chi connectivity index (χ4v) is 5.68. The Balaban J connectivity index is 3.45. The van der Waals surface area contributed by atoms with Gasteiger partial charge in [0.25, 0.3) is 0 Å². The summed E-state index contributed by atoms with van der Waals surface area (Å²) < 4.78 is 6.52. The molecule has 164 valence electrons. The number of carbonyl (C=O) groups is 1. The van der Waals surface area contributed by atoms with Gasteiger partial charge in [-0.15, -0.1) is 0 Å². The lowest BCUT2D eigenvalue weighted by Crippen LogP contribution is -2.58. The molecule has 0 amide bonds. The predicted molar refractivity (Wildman–Crippen MR) is 122 cm³/mol. The first-order chi connectivity index (χ1) is 13.4. The van der Waals surface area contributed by atoms with E-state index in [1.54, 1.807) is 6.92 Å². The van der Waals surface area contributed by atoms with E-state index in [1.807, 2.05) is 0 Å². The second kappa shape index (κ2) is 12.7. The largest absolute Gasteiger partial charge is 0.455 e. The molecule has 0 spiro atoms. The van der Waals surface area contributed by atoms with E-state index in [0.717, 1.165) is 25.7 Å². The molecule has 0 radical (unpaired) electrons. The van der Waals surface area contributed by atoms with E-state index in [-0.39, 0.29) is 17.0 Å². The lowest BCUT2D eigenvalue weighted by molar-refractivity contribution is -0.202. The van der Waals surface area contributed by atoms with Crippen molar-refractivity contribution in [2.24, 2.45) is 11.3 Å². The number of esters is 1. The van der Waals surface area contributed by atoms with E-state index < -0.39 is 0 Å². The first-order valence-corrected chi connectivity index (χ1v) is 12.3. The second-order valence-corrected chi connectivity index (χ2v) is 9.36. The highest BCUT2D eigenvalue weighted by atomic mass is 16.6. The molecule has 0 bridgehead atoms. The molecular weight excluding hydrogens is 344 g/mol. The van der Waals surface area contributed by atoms with E-state index in [1.165, 1.54) is 70.6 Å². The Hall–Kier alpha value is -0.790. The summed E-state index contributed by atoms with van der Waals surface area (Å²) in [4.78, 5) is 12.8. The average Bonchev–Trinajstić information content (AvgIpc) is 2.69. The summed E-state index contributed by atoms with van der Waals surface area (Å²) in [5.74, 6) is 0.527. The number of rotatable bonds is 14. The minimum Gasteiger partial charge on any atom is -0.455 e. The topological polar surface area (TPSA) is 26.3 Å². The van der Waals surface area contributed by atoms with E-state index in [9.17, 15) is 4.79 Å². The Labute approximate surface area is 175 Å². The van der Waals surface area contributed by atoms with Crippen LogP contribution in [0.3, 0.4) is 0 Å². The number of unbranched alkanes of at least 4 members (excludes halogenated alkanes) is 4. The summed E-state index contributed by atoms with van der Waals surface area (Å²) in [6, 6.07) is 0. The molecule has 1 fully saturated rings. The zero-order valence-corrected chi connectivity index (χ0v) is 19.7. The van der Waals surface area contributed by atoms with Crippen LogP contribution in [-0.4, -0.2) is 11.6 Å². The van der Waals surface area contributed by atoms with Gasteiger partial charge in [-0.05, 0) is 64.2 Å². The maximum Gasteiger partial charge on any atom is 0.333 e. The molecule has 0 aliphatic heterocycles. The van der Waals surface area contributed by atoms with Gasteiger partial charge in [-0.2, -0.15) is 0 Å². The monoisotopic (exact) mass is 392 g/mol. The minimum atomic E-state index is -0.292. The predicted octanol–water partition coefficient (Wildman–Crippen LogP) is 8.39. The molecule has 0 heterocycles. The van der Waals surface area contributed by atoms with Crippen molar-refractivity contribution in [1.29, 1.82) is 0 Å². The number of carbonyl (C=O) groups excluding carboxylic acids is 1. The molecule has 28 heavy (non-hydrogen) atoms. The smallest absolute Gasteiger partial charge is 0.333 e. The van der Waals surface area contributed by atoms with Crippen LogP contribution >= 0.6 is 0 Å². The van der Waals surface area contributed by atoms with Crippen molar-refractivity contribution >= 4 is 5.97 Å². The van der Waals surface area contributed by atoms with Crippen molar-refractivity contribution in [3.8, 4) is 0 Å². The molecule has 0 aromatic rings. The molecule has 2 atom stereocenters. The van der Waals surface area contributed by atoms with Crippen LogP contribution in [0.15, 0.2) is 12.2 Å². The molecule has 0 saturated heterocycles. The fraction of sp³-hybridized carbons (Fsp3) is 0.885. The van der Waals surface area contributed by atoms with Crippen LogP contribution in [0.2, 0.25) is 0 Å². The Morgan fingerprint density at radius 3 is 1.96 bits per heavy atom. The summed E-state index contributed by atoms with van der Waals surface area (Å²) in [7, 11) is 0. The van der Waals surface area contributed by atoms with Crippen LogP contribution in [0, 0.1) is 11.3 Å². The number of hydrogen-bond acceptors (Lipinski definition) is 2. The molecule has 0 aromatic heterocycles. The molecule has 0 N–H and O–H groups in total. The van der Waals surface area contributed by atoms with Crippen molar-refractivity contribution in [2.75, 3.05) is 0 Å². The van der Waals surface area contributed by atoms with E-state index in [0.29, 0.717) is 11.5 Å². The first-order valence-electron chi connectivity index (χ1n) is 12.3. The maximum absolute atomic E-state index is 12.8. The summed E-state index contributed by atoms with van der Waals surface area (Å²) in [6.07, 6.45) is 18.1. The summed E-state index contributed by atoms with van der Waals surface area (Å²) in [5, 5.41) is 0. The standard InChI is InChI=1S/C26H48O2/c1-7-11-16-23-17-15-21-26(20-14-10-4,28-24(27)22(5)6)25(23,18-12-8-2)19-13-9-3/h23H,5,7-21H2,1-4,6H3. The highest BCUT2D eigenvalue weighted by Crippen LogP contribution is 2.59. The molecule has 1 aliphatic rings. The molecule has 2 unspecified atom stereocenters. The van der Waals surface area contributed by atoms with Gasteiger partial charge in [-0.1, -0.05) is 79.2 Å². The Morgan fingerprint density at radius 1 is 0.929 bits per heavy atom. The van der Waals surface area contributed by atoms with E-state index in [2.05, 4.69) is 34.3 Å². The van der Waals surface area contributed by atoms with Crippen molar-refractivity contribution in [3.05, 3.63) is 12.2 Å². The fourth-order valence-electron chi connectivity index (χ4n) is 5.68. The average molecular weight is 393 g/mol. The summed E-state index contributed by atoms with van der Waals surface area (Å²) >= 11 is 0. The van der Waals surface area contributed by atoms with Gasteiger partial charge in [0.1, 0.15) is 5.60 Å². The lowest BCUT2D eigenvalue weighted by Gasteiger charge is -2.58. The molecule has 1 aliphatic carbocycles. The molecule has 1 rings (SSSR count). The SMILES string of the molecule is C=C(C)C(=O)OC1(CCCC)CCCC(CCCC)C1(CCCC)CCCC. The van der Waals surface area contributed by atoms with Gasteiger partial charge in [0.15, 0.2) is 0 Å². The number of hydrogen-bond donors (Lipinski definition) is 0. The lowest BCUT2D eigenvalue weighted by atomic mass is 9.51. The molecule has 2 nitrogen and oxygen atoms in total. The summed E-state index contributed by atoms with van der Waals surface area (Å²) in [6.45, 7) is 14.8. The van der Waals surface area contributed by atoms with Gasteiger partial charge in [-0.3, -0.25) is 0 Å². The quantitative estimate of drug-likeness (QED) is 0.219. The van der Waals surface area contributed by atoms with Crippen molar-refractivity contribution in [3.63, 3.8) is 0 Å². The third-order valence-corrected chi connectivity index (χ3v) is 7.25. The van der Waals surface area contributed by atoms with E-state index in [4.69, 9.17) is 4.74 Å². The van der Waals surface area contributed by atoms with Crippen molar-refractivity contribution in [2.45, 2.75) is 137 Å². The second-order valence-electron chi connectivity index (χ2n) is 9.36. The van der Waals surface area contributed by atoms with Gasteiger partial charge in [0.2, 0.25) is 0 Å². The van der Waals surface area contributed by atoms with Gasteiger partial charge in [-0.25, -0.2) is 4.79 Å². The third kappa shape index (κ3) is 6.10. The van der Waals surface area contributed by atoms with Gasteiger partial charge in [0.05, 0.1) is 0 Å². The molecule has 2 heteroatoms. The van der Waals surface area contributed by atoms with Crippen LogP contribution in [-0.2, 0) is 9.53 Å². The van der Waals surface area contributed by atoms with Crippen LogP contribution in [0.1, 0.15) is 131 Å². The van der Waals surface area contributed by atoms with Crippen LogP contribution in [0.4, 0.5) is 0 Å².